The highest BCUT2D eigenvalue weighted by atomic mass is 31.2. The largest absolute Gasteiger partial charge is 0.820 e. The monoisotopic (exact) mass is 272 g/mol. The zero-order valence-electron chi connectivity index (χ0n) is 10.0. The Bertz CT molecular complexity index is 98.9. The topological polar surface area (TPSA) is 155 Å². The molecule has 9 heteroatoms. The van der Waals surface area contributed by atoms with Crippen molar-refractivity contribution in [2.24, 2.45) is 0 Å². The summed E-state index contributed by atoms with van der Waals surface area (Å²) in [6.07, 6.45) is 0. The lowest BCUT2D eigenvalue weighted by molar-refractivity contribution is -0.657. The maximum Gasteiger partial charge on any atom is 0.0882 e. The van der Waals surface area contributed by atoms with Crippen molar-refractivity contribution in [2.45, 2.75) is 0 Å². The summed E-state index contributed by atoms with van der Waals surface area (Å²) in [6, 6.07) is 0. The molecule has 2 heterocycles. The van der Waals surface area contributed by atoms with Crippen LogP contribution < -0.4 is 31.1 Å². The number of hydrogen-bond donors (Lipinski definition) is 5. The summed E-state index contributed by atoms with van der Waals surface area (Å²) in [4.78, 5) is 24.2. The van der Waals surface area contributed by atoms with E-state index in [-0.39, 0.29) is 5.48 Å². The molecule has 2 rings (SSSR count). The summed E-state index contributed by atoms with van der Waals surface area (Å²) in [5, 5.41) is 11.2. The third-order valence-corrected chi connectivity index (χ3v) is 2.10. The number of piperazine rings is 2. The molecule has 0 bridgehead atoms. The molecule has 2 fully saturated rings. The summed E-state index contributed by atoms with van der Waals surface area (Å²) in [5.41, 5.74) is 0. The molecule has 0 aromatic rings. The van der Waals surface area contributed by atoms with Crippen molar-refractivity contribution < 1.29 is 30.8 Å². The number of hydrogen-bond acceptors (Lipinski definition) is 5. The maximum atomic E-state index is 8.59. The first-order valence-corrected chi connectivity index (χ1v) is 6.74. The lowest BCUT2D eigenvalue weighted by Crippen LogP contribution is -2.89. The number of quaternary nitrogens is 2. The van der Waals surface area contributed by atoms with Gasteiger partial charge in [-0.15, -0.1) is 0 Å². The second-order valence-corrected chi connectivity index (χ2v) is 3.95. The number of nitrogens with one attached hydrogen (secondary N) is 2. The van der Waals surface area contributed by atoms with E-state index in [0.717, 1.165) is 0 Å². The molecular formula is C8H25N4O4P. The van der Waals surface area contributed by atoms with E-state index in [0.29, 0.717) is 0 Å². The highest BCUT2D eigenvalue weighted by Crippen LogP contribution is 1.95. The molecule has 0 aromatic heterocycles. The first-order valence-electron chi connectivity index (χ1n) is 5.61. The molecule has 0 atom stereocenters. The fourth-order valence-corrected chi connectivity index (χ4v) is 1.36. The van der Waals surface area contributed by atoms with E-state index in [1.165, 1.54) is 52.4 Å². The summed E-state index contributed by atoms with van der Waals surface area (Å²) >= 11 is 0. The van der Waals surface area contributed by atoms with Gasteiger partial charge in [0, 0.05) is 26.2 Å². The van der Waals surface area contributed by atoms with Gasteiger partial charge in [-0.1, -0.05) is 0 Å². The van der Waals surface area contributed by atoms with Gasteiger partial charge in [-0.3, -0.25) is 0 Å². The van der Waals surface area contributed by atoms with E-state index in [1.54, 1.807) is 0 Å². The molecule has 106 valence electrons. The number of rotatable bonds is 0. The van der Waals surface area contributed by atoms with E-state index in [2.05, 4.69) is 21.3 Å². The van der Waals surface area contributed by atoms with Gasteiger partial charge in [-0.2, -0.15) is 8.60 Å². The minimum atomic E-state index is -3.12. The van der Waals surface area contributed by atoms with E-state index < -0.39 is 8.60 Å². The molecule has 2 saturated heterocycles. The second kappa shape index (κ2) is 16.1. The standard InChI is InChI=1S/2C4H10N2.HO3P.H2O/c2*1-2-6-4-3-5-1;1-4(2)3;/h2*5-6H,1-4H2;1H;1H2/q;;-2;/p+2. The van der Waals surface area contributed by atoms with Crippen LogP contribution in [-0.4, -0.2) is 62.7 Å². The van der Waals surface area contributed by atoms with Crippen molar-refractivity contribution in [3.63, 3.8) is 0 Å². The van der Waals surface area contributed by atoms with Crippen LogP contribution in [0.15, 0.2) is 0 Å². The van der Waals surface area contributed by atoms with Gasteiger partial charge in [-0.25, -0.2) is 0 Å². The van der Waals surface area contributed by atoms with Gasteiger partial charge in [0.15, 0.2) is 0 Å². The first-order chi connectivity index (χ1) is 7.73. The molecule has 0 saturated carbocycles. The average molecular weight is 272 g/mol. The Balaban J connectivity index is 0. The van der Waals surface area contributed by atoms with E-state index in [1.807, 2.05) is 0 Å². The van der Waals surface area contributed by atoms with Crippen LogP contribution in [0.5, 0.6) is 0 Å². The van der Waals surface area contributed by atoms with Gasteiger partial charge in [0.2, 0.25) is 0 Å². The molecule has 0 spiro atoms. The molecule has 0 radical (unpaired) electrons. The van der Waals surface area contributed by atoms with Crippen molar-refractivity contribution in [1.82, 2.24) is 10.6 Å². The van der Waals surface area contributed by atoms with Gasteiger partial charge in [0.05, 0.1) is 26.2 Å². The van der Waals surface area contributed by atoms with E-state index >= 15 is 0 Å². The Morgan fingerprint density at radius 2 is 1.06 bits per heavy atom. The van der Waals surface area contributed by atoms with Crippen molar-refractivity contribution in [3.8, 4) is 0 Å². The lowest BCUT2D eigenvalue weighted by atomic mass is 10.4. The Morgan fingerprint density at radius 1 is 0.824 bits per heavy atom. The molecular weight excluding hydrogens is 247 g/mol. The highest BCUT2D eigenvalue weighted by Gasteiger charge is 1.96. The van der Waals surface area contributed by atoms with Crippen molar-refractivity contribution in [2.75, 3.05) is 52.4 Å². The van der Waals surface area contributed by atoms with Crippen LogP contribution in [0.2, 0.25) is 0 Å². The van der Waals surface area contributed by atoms with Crippen LogP contribution >= 0.6 is 8.60 Å². The Labute approximate surface area is 103 Å². The van der Waals surface area contributed by atoms with Gasteiger partial charge >= 0.3 is 0 Å². The Kier molecular flexibility index (Phi) is 18.4. The third kappa shape index (κ3) is 21.9. The predicted molar refractivity (Wildman–Crippen MR) is 61.8 cm³/mol. The van der Waals surface area contributed by atoms with Crippen LogP contribution in [-0.2, 0) is 0 Å². The van der Waals surface area contributed by atoms with Gasteiger partial charge in [0.25, 0.3) is 0 Å². The van der Waals surface area contributed by atoms with E-state index in [4.69, 9.17) is 14.7 Å². The van der Waals surface area contributed by atoms with Crippen LogP contribution in [0, 0.1) is 0 Å². The molecule has 0 unspecified atom stereocenters. The zero-order chi connectivity index (χ0) is 12.1. The van der Waals surface area contributed by atoms with Crippen molar-refractivity contribution >= 4 is 8.60 Å². The summed E-state index contributed by atoms with van der Waals surface area (Å²) < 4.78 is 0. The van der Waals surface area contributed by atoms with E-state index in [9.17, 15) is 0 Å². The minimum absolute atomic E-state index is 0. The van der Waals surface area contributed by atoms with Crippen LogP contribution in [0.1, 0.15) is 0 Å². The normalized spacial score (nSPS) is 19.1. The third-order valence-electron chi connectivity index (χ3n) is 2.10. The van der Waals surface area contributed by atoms with Gasteiger partial charge < -0.3 is 41.4 Å². The van der Waals surface area contributed by atoms with Crippen molar-refractivity contribution in [3.05, 3.63) is 0 Å². The second-order valence-electron chi connectivity index (χ2n) is 3.47. The molecule has 2 aliphatic heterocycles. The molecule has 0 aromatic carbocycles. The molecule has 17 heavy (non-hydrogen) atoms. The van der Waals surface area contributed by atoms with Crippen LogP contribution in [0.3, 0.4) is 0 Å². The van der Waals surface area contributed by atoms with Gasteiger partial charge in [-0.05, 0) is 0 Å². The van der Waals surface area contributed by atoms with Crippen LogP contribution in [0.4, 0.5) is 0 Å². The molecule has 8 nitrogen and oxygen atoms in total. The molecule has 2 aliphatic rings. The minimum Gasteiger partial charge on any atom is -0.820 e. The number of nitrogens with two attached hydrogens (primary N) is 2. The Hall–Kier alpha value is 0.110. The predicted octanol–water partition coefficient (Wildman–Crippen LogP) is -6.59. The molecule has 0 aliphatic carbocycles. The highest BCUT2D eigenvalue weighted by molar-refractivity contribution is 7.35. The fraction of sp³-hybridized carbons (Fsp3) is 1.00. The lowest BCUT2D eigenvalue weighted by Gasteiger charge is -2.19. The van der Waals surface area contributed by atoms with Gasteiger partial charge in [0.1, 0.15) is 0 Å². The van der Waals surface area contributed by atoms with Crippen molar-refractivity contribution in [1.29, 1.82) is 0 Å². The SMILES string of the molecule is C1C[NH2+]CCN1.C1C[NH2+]CCN1.O.[O-]P([O-])O. The first kappa shape index (κ1) is 19.4. The molecule has 9 N–H and O–H groups in total. The fourth-order valence-electron chi connectivity index (χ4n) is 1.36. The molecule has 0 amide bonds. The maximum absolute atomic E-state index is 8.59. The average Bonchev–Trinajstić information content (AvgIpc) is 2.34. The zero-order valence-corrected chi connectivity index (χ0v) is 10.9. The summed E-state index contributed by atoms with van der Waals surface area (Å²) in [6.45, 7) is 9.83. The summed E-state index contributed by atoms with van der Waals surface area (Å²) in [5.74, 6) is 0. The van der Waals surface area contributed by atoms with Crippen LogP contribution in [0.25, 0.3) is 0 Å². The Morgan fingerprint density at radius 3 is 1.12 bits per heavy atom. The smallest absolute Gasteiger partial charge is 0.0882 e. The summed E-state index contributed by atoms with van der Waals surface area (Å²) in [7, 11) is -3.12. The quantitative estimate of drug-likeness (QED) is 0.277.